The third kappa shape index (κ3) is 3.04. The van der Waals surface area contributed by atoms with Crippen molar-refractivity contribution in [1.29, 1.82) is 0 Å². The normalized spacial score (nSPS) is 18.0. The Kier molecular flexibility index (Phi) is 4.62. The lowest BCUT2D eigenvalue weighted by Crippen LogP contribution is -2.33. The molecule has 0 aliphatic carbocycles. The predicted molar refractivity (Wildman–Crippen MR) is 77.5 cm³/mol. The van der Waals surface area contributed by atoms with E-state index in [1.807, 2.05) is 13.1 Å². The monoisotopic (exact) mass is 312 g/mol. The summed E-state index contributed by atoms with van der Waals surface area (Å²) in [5, 5.41) is 0. The molecule has 1 aromatic heterocycles. The topological polar surface area (TPSA) is 25.4 Å². The van der Waals surface area contributed by atoms with Gasteiger partial charge in [0.25, 0.3) is 0 Å². The van der Waals surface area contributed by atoms with E-state index in [9.17, 15) is 0 Å². The molecule has 2 heterocycles. The minimum Gasteiger partial charge on any atom is -0.496 e. The van der Waals surface area contributed by atoms with E-state index in [1.165, 1.54) is 18.4 Å². The van der Waals surface area contributed by atoms with Gasteiger partial charge in [-0.2, -0.15) is 0 Å². The van der Waals surface area contributed by atoms with Crippen molar-refractivity contribution in [3.8, 4) is 5.75 Å². The van der Waals surface area contributed by atoms with E-state index in [0.29, 0.717) is 4.83 Å². The van der Waals surface area contributed by atoms with Crippen molar-refractivity contribution in [3.05, 3.63) is 23.0 Å². The van der Waals surface area contributed by atoms with Crippen LogP contribution in [-0.4, -0.2) is 34.9 Å². The molecule has 1 aliphatic heterocycles. The Morgan fingerprint density at radius 2 is 2.06 bits per heavy atom. The number of nitrogens with zero attached hydrogens (tertiary/aromatic N) is 2. The molecule has 0 radical (unpaired) electrons. The van der Waals surface area contributed by atoms with Crippen molar-refractivity contribution in [2.75, 3.05) is 20.2 Å². The SMILES string of the molecule is COc1c(C)cnc(CN2CCC(Br)CC2)c1C. The Labute approximate surface area is 118 Å². The van der Waals surface area contributed by atoms with Crippen LogP contribution >= 0.6 is 15.9 Å². The van der Waals surface area contributed by atoms with E-state index in [0.717, 1.165) is 36.6 Å². The highest BCUT2D eigenvalue weighted by molar-refractivity contribution is 9.09. The molecule has 100 valence electrons. The molecule has 0 unspecified atom stereocenters. The summed E-state index contributed by atoms with van der Waals surface area (Å²) < 4.78 is 5.46. The molecule has 0 aromatic carbocycles. The molecule has 1 aliphatic rings. The number of pyridine rings is 1. The van der Waals surface area contributed by atoms with Crippen molar-refractivity contribution >= 4 is 15.9 Å². The van der Waals surface area contributed by atoms with Crippen LogP contribution in [-0.2, 0) is 6.54 Å². The van der Waals surface area contributed by atoms with Gasteiger partial charge in [-0.1, -0.05) is 15.9 Å². The van der Waals surface area contributed by atoms with Gasteiger partial charge < -0.3 is 4.74 Å². The molecule has 0 N–H and O–H groups in total. The van der Waals surface area contributed by atoms with Crippen LogP contribution in [0.1, 0.15) is 29.7 Å². The molecule has 0 amide bonds. The van der Waals surface area contributed by atoms with Gasteiger partial charge in [-0.25, -0.2) is 0 Å². The van der Waals surface area contributed by atoms with Gasteiger partial charge in [-0.3, -0.25) is 9.88 Å². The summed E-state index contributed by atoms with van der Waals surface area (Å²) in [5.41, 5.74) is 3.43. The Morgan fingerprint density at radius 1 is 1.39 bits per heavy atom. The fourth-order valence-electron chi connectivity index (χ4n) is 2.50. The van der Waals surface area contributed by atoms with E-state index in [4.69, 9.17) is 4.74 Å². The summed E-state index contributed by atoms with van der Waals surface area (Å²) >= 11 is 3.69. The maximum atomic E-state index is 5.46. The van der Waals surface area contributed by atoms with Crippen LogP contribution in [0.5, 0.6) is 5.75 Å². The summed E-state index contributed by atoms with van der Waals surface area (Å²) in [4.78, 5) is 7.73. The predicted octanol–water partition coefficient (Wildman–Crippen LogP) is 3.07. The third-order valence-corrected chi connectivity index (χ3v) is 4.56. The number of aryl methyl sites for hydroxylation is 1. The second-order valence-corrected chi connectivity index (χ2v) is 6.29. The van der Waals surface area contributed by atoms with Gasteiger partial charge in [0.2, 0.25) is 0 Å². The average molecular weight is 313 g/mol. The van der Waals surface area contributed by atoms with E-state index in [1.54, 1.807) is 7.11 Å². The smallest absolute Gasteiger partial charge is 0.128 e. The molecular weight excluding hydrogens is 292 g/mol. The van der Waals surface area contributed by atoms with Crippen LogP contribution in [0.4, 0.5) is 0 Å². The van der Waals surface area contributed by atoms with Gasteiger partial charge in [-0.05, 0) is 39.8 Å². The molecule has 0 bridgehead atoms. The number of alkyl halides is 1. The molecule has 4 heteroatoms. The summed E-state index contributed by atoms with van der Waals surface area (Å²) in [5.74, 6) is 0.982. The first-order valence-electron chi connectivity index (χ1n) is 6.47. The number of likely N-dealkylation sites (tertiary alicyclic amines) is 1. The summed E-state index contributed by atoms with van der Waals surface area (Å²) in [6, 6.07) is 0. The van der Waals surface area contributed by atoms with Crippen LogP contribution in [0.3, 0.4) is 0 Å². The molecule has 2 rings (SSSR count). The summed E-state index contributed by atoms with van der Waals surface area (Å²) in [6.45, 7) is 7.37. The van der Waals surface area contributed by atoms with Crippen LogP contribution in [0.2, 0.25) is 0 Å². The van der Waals surface area contributed by atoms with Crippen LogP contribution in [0.15, 0.2) is 6.20 Å². The molecule has 0 atom stereocenters. The highest BCUT2D eigenvalue weighted by Gasteiger charge is 2.19. The Hall–Kier alpha value is -0.610. The molecule has 0 spiro atoms. The van der Waals surface area contributed by atoms with Crippen molar-refractivity contribution in [3.63, 3.8) is 0 Å². The number of aromatic nitrogens is 1. The number of rotatable bonds is 3. The van der Waals surface area contributed by atoms with Crippen LogP contribution < -0.4 is 4.74 Å². The molecule has 3 nitrogen and oxygen atoms in total. The molecule has 1 saturated heterocycles. The zero-order chi connectivity index (χ0) is 13.1. The zero-order valence-electron chi connectivity index (χ0n) is 11.4. The quantitative estimate of drug-likeness (QED) is 0.802. The van der Waals surface area contributed by atoms with Gasteiger partial charge in [0.1, 0.15) is 5.75 Å². The van der Waals surface area contributed by atoms with E-state index < -0.39 is 0 Å². The standard InChI is InChI=1S/C14H21BrN2O/c1-10-8-16-13(11(2)14(10)18-3)9-17-6-4-12(15)5-7-17/h8,12H,4-7,9H2,1-3H3. The van der Waals surface area contributed by atoms with Crippen LogP contribution in [0, 0.1) is 13.8 Å². The second-order valence-electron chi connectivity index (χ2n) is 5.00. The number of ether oxygens (including phenoxy) is 1. The lowest BCUT2D eigenvalue weighted by atomic mass is 10.1. The van der Waals surface area contributed by atoms with Gasteiger partial charge in [0.15, 0.2) is 0 Å². The van der Waals surface area contributed by atoms with Crippen molar-refractivity contribution < 1.29 is 4.74 Å². The fraction of sp³-hybridized carbons (Fsp3) is 0.643. The summed E-state index contributed by atoms with van der Waals surface area (Å²) in [6.07, 6.45) is 4.36. The first-order valence-corrected chi connectivity index (χ1v) is 7.39. The molecular formula is C14H21BrN2O. The van der Waals surface area contributed by atoms with Gasteiger partial charge in [0, 0.05) is 28.7 Å². The number of halogens is 1. The highest BCUT2D eigenvalue weighted by Crippen LogP contribution is 2.26. The lowest BCUT2D eigenvalue weighted by Gasteiger charge is -2.29. The molecule has 1 fully saturated rings. The van der Waals surface area contributed by atoms with E-state index in [2.05, 4.69) is 32.7 Å². The highest BCUT2D eigenvalue weighted by atomic mass is 79.9. The number of methoxy groups -OCH3 is 1. The van der Waals surface area contributed by atoms with E-state index in [-0.39, 0.29) is 0 Å². The zero-order valence-corrected chi connectivity index (χ0v) is 13.0. The van der Waals surface area contributed by atoms with Crippen molar-refractivity contribution in [1.82, 2.24) is 9.88 Å². The minimum atomic E-state index is 0.690. The molecule has 1 aromatic rings. The van der Waals surface area contributed by atoms with Gasteiger partial charge in [-0.15, -0.1) is 0 Å². The van der Waals surface area contributed by atoms with Crippen molar-refractivity contribution in [2.24, 2.45) is 0 Å². The number of hydrogen-bond acceptors (Lipinski definition) is 3. The van der Waals surface area contributed by atoms with Gasteiger partial charge >= 0.3 is 0 Å². The average Bonchev–Trinajstić information content (AvgIpc) is 2.36. The second kappa shape index (κ2) is 6.02. The first-order chi connectivity index (χ1) is 8.61. The van der Waals surface area contributed by atoms with E-state index >= 15 is 0 Å². The number of piperidine rings is 1. The van der Waals surface area contributed by atoms with Crippen LogP contribution in [0.25, 0.3) is 0 Å². The minimum absolute atomic E-state index is 0.690. The maximum absolute atomic E-state index is 5.46. The third-order valence-electron chi connectivity index (χ3n) is 3.64. The number of hydrogen-bond donors (Lipinski definition) is 0. The first kappa shape index (κ1) is 13.8. The molecule has 0 saturated carbocycles. The fourth-order valence-corrected chi connectivity index (χ4v) is 2.91. The summed E-state index contributed by atoms with van der Waals surface area (Å²) in [7, 11) is 1.73. The molecule has 18 heavy (non-hydrogen) atoms. The Bertz CT molecular complexity index is 415. The lowest BCUT2D eigenvalue weighted by molar-refractivity contribution is 0.223. The largest absolute Gasteiger partial charge is 0.496 e. The Morgan fingerprint density at radius 3 is 2.67 bits per heavy atom. The maximum Gasteiger partial charge on any atom is 0.128 e. The van der Waals surface area contributed by atoms with Gasteiger partial charge in [0.05, 0.1) is 12.8 Å². The Balaban J connectivity index is 2.10. The van der Waals surface area contributed by atoms with Crippen molar-refractivity contribution in [2.45, 2.75) is 38.1 Å².